The molecule has 1 saturated carbocycles. The standard InChI is InChI=1S/C12H22N2O/c1-2-3-6-9-14-11-8-5-4-7-10(11)12(13)15/h2,10-11,14H,1,3-9H2,(H2,13,15)/t10-,11+/m1/s1. The van der Waals surface area contributed by atoms with Crippen LogP contribution < -0.4 is 11.1 Å². The lowest BCUT2D eigenvalue weighted by atomic mass is 9.84. The zero-order chi connectivity index (χ0) is 11.1. The number of hydrogen-bond acceptors (Lipinski definition) is 2. The predicted octanol–water partition coefficient (Wildman–Crippen LogP) is 1.59. The van der Waals surface area contributed by atoms with Crippen molar-refractivity contribution in [2.45, 2.75) is 44.6 Å². The van der Waals surface area contributed by atoms with Crippen molar-refractivity contribution < 1.29 is 4.79 Å². The number of unbranched alkanes of at least 4 members (excludes halogenated alkanes) is 1. The van der Waals surface area contributed by atoms with Crippen LogP contribution in [0, 0.1) is 5.92 Å². The van der Waals surface area contributed by atoms with Gasteiger partial charge in [0.1, 0.15) is 0 Å². The Balaban J connectivity index is 2.29. The van der Waals surface area contributed by atoms with Gasteiger partial charge >= 0.3 is 0 Å². The highest BCUT2D eigenvalue weighted by atomic mass is 16.1. The van der Waals surface area contributed by atoms with E-state index in [1.165, 1.54) is 6.42 Å². The van der Waals surface area contributed by atoms with Gasteiger partial charge < -0.3 is 11.1 Å². The second-order valence-corrected chi connectivity index (χ2v) is 4.28. The van der Waals surface area contributed by atoms with Gasteiger partial charge in [0.05, 0.1) is 5.92 Å². The minimum atomic E-state index is -0.143. The van der Waals surface area contributed by atoms with Gasteiger partial charge in [-0.05, 0) is 32.2 Å². The number of carbonyl (C=O) groups excluding carboxylic acids is 1. The summed E-state index contributed by atoms with van der Waals surface area (Å²) in [4.78, 5) is 11.2. The molecule has 3 heteroatoms. The molecule has 1 rings (SSSR count). The molecule has 1 aliphatic carbocycles. The van der Waals surface area contributed by atoms with Gasteiger partial charge in [0.2, 0.25) is 5.91 Å². The number of rotatable bonds is 6. The van der Waals surface area contributed by atoms with Gasteiger partial charge in [-0.1, -0.05) is 18.9 Å². The van der Waals surface area contributed by atoms with Crippen LogP contribution in [0.5, 0.6) is 0 Å². The molecule has 0 spiro atoms. The summed E-state index contributed by atoms with van der Waals surface area (Å²) in [6, 6.07) is 0.307. The van der Waals surface area contributed by atoms with Gasteiger partial charge in [-0.3, -0.25) is 4.79 Å². The molecule has 0 bridgehead atoms. The molecule has 15 heavy (non-hydrogen) atoms. The molecular weight excluding hydrogens is 188 g/mol. The normalized spacial score (nSPS) is 26.1. The quantitative estimate of drug-likeness (QED) is 0.516. The summed E-state index contributed by atoms with van der Waals surface area (Å²) in [6.07, 6.45) is 8.43. The van der Waals surface area contributed by atoms with Crippen molar-refractivity contribution in [2.75, 3.05) is 6.54 Å². The third kappa shape index (κ3) is 4.04. The minimum absolute atomic E-state index is 0.0440. The molecule has 0 aromatic carbocycles. The molecule has 0 radical (unpaired) electrons. The van der Waals surface area contributed by atoms with Gasteiger partial charge in [-0.15, -0.1) is 6.58 Å². The molecule has 0 aromatic rings. The number of nitrogens with two attached hydrogens (primary N) is 1. The molecule has 3 nitrogen and oxygen atoms in total. The third-order valence-corrected chi connectivity index (χ3v) is 3.12. The number of amides is 1. The molecule has 0 unspecified atom stereocenters. The van der Waals surface area contributed by atoms with E-state index in [0.717, 1.165) is 38.6 Å². The summed E-state index contributed by atoms with van der Waals surface area (Å²) in [5.41, 5.74) is 5.39. The third-order valence-electron chi connectivity index (χ3n) is 3.12. The molecule has 0 heterocycles. The van der Waals surface area contributed by atoms with Crippen molar-refractivity contribution in [3.8, 4) is 0 Å². The largest absolute Gasteiger partial charge is 0.369 e. The molecule has 86 valence electrons. The van der Waals surface area contributed by atoms with Crippen molar-refractivity contribution in [1.82, 2.24) is 5.32 Å². The van der Waals surface area contributed by atoms with E-state index in [-0.39, 0.29) is 11.8 Å². The summed E-state index contributed by atoms with van der Waals surface area (Å²) in [5.74, 6) is -0.0987. The molecule has 2 atom stereocenters. The average molecular weight is 210 g/mol. The highest BCUT2D eigenvalue weighted by Gasteiger charge is 2.28. The fraction of sp³-hybridized carbons (Fsp3) is 0.750. The van der Waals surface area contributed by atoms with Gasteiger partial charge in [-0.25, -0.2) is 0 Å². The first kappa shape index (κ1) is 12.2. The smallest absolute Gasteiger partial charge is 0.222 e. The molecule has 3 N–H and O–H groups in total. The Labute approximate surface area is 92.1 Å². The zero-order valence-electron chi connectivity index (χ0n) is 9.37. The monoisotopic (exact) mass is 210 g/mol. The van der Waals surface area contributed by atoms with E-state index >= 15 is 0 Å². The second kappa shape index (κ2) is 6.62. The van der Waals surface area contributed by atoms with E-state index in [2.05, 4.69) is 11.9 Å². The fourth-order valence-electron chi connectivity index (χ4n) is 2.25. The first-order valence-electron chi connectivity index (χ1n) is 5.89. The fourth-order valence-corrected chi connectivity index (χ4v) is 2.25. The van der Waals surface area contributed by atoms with E-state index in [1.54, 1.807) is 0 Å². The van der Waals surface area contributed by atoms with Crippen molar-refractivity contribution in [3.63, 3.8) is 0 Å². The molecule has 1 aliphatic rings. The van der Waals surface area contributed by atoms with Crippen LogP contribution in [0.2, 0.25) is 0 Å². The van der Waals surface area contributed by atoms with Crippen LogP contribution in [0.15, 0.2) is 12.7 Å². The van der Waals surface area contributed by atoms with Crippen LogP contribution in [0.3, 0.4) is 0 Å². The van der Waals surface area contributed by atoms with Crippen molar-refractivity contribution in [2.24, 2.45) is 11.7 Å². The first-order chi connectivity index (χ1) is 7.25. The van der Waals surface area contributed by atoms with Crippen molar-refractivity contribution in [3.05, 3.63) is 12.7 Å². The lowest BCUT2D eigenvalue weighted by Gasteiger charge is -2.30. The van der Waals surface area contributed by atoms with Crippen molar-refractivity contribution >= 4 is 5.91 Å². The number of allylic oxidation sites excluding steroid dienone is 1. The lowest BCUT2D eigenvalue weighted by molar-refractivity contribution is -0.123. The Bertz CT molecular complexity index is 216. The summed E-state index contributed by atoms with van der Waals surface area (Å²) >= 11 is 0. The summed E-state index contributed by atoms with van der Waals surface area (Å²) in [6.45, 7) is 4.65. The van der Waals surface area contributed by atoms with Gasteiger partial charge in [0, 0.05) is 6.04 Å². The molecule has 0 aromatic heterocycles. The highest BCUT2D eigenvalue weighted by molar-refractivity contribution is 5.77. The van der Waals surface area contributed by atoms with Crippen LogP contribution in [0.4, 0.5) is 0 Å². The van der Waals surface area contributed by atoms with E-state index in [9.17, 15) is 4.79 Å². The van der Waals surface area contributed by atoms with Gasteiger partial charge in [0.25, 0.3) is 0 Å². The van der Waals surface area contributed by atoms with E-state index < -0.39 is 0 Å². The van der Waals surface area contributed by atoms with Gasteiger partial charge in [-0.2, -0.15) is 0 Å². The number of carbonyl (C=O) groups is 1. The Morgan fingerprint density at radius 3 is 2.87 bits per heavy atom. The highest BCUT2D eigenvalue weighted by Crippen LogP contribution is 2.24. The Kier molecular flexibility index (Phi) is 5.40. The molecule has 0 saturated heterocycles. The average Bonchev–Trinajstić information content (AvgIpc) is 2.25. The van der Waals surface area contributed by atoms with Gasteiger partial charge in [0.15, 0.2) is 0 Å². The molecule has 1 amide bonds. The van der Waals surface area contributed by atoms with Crippen LogP contribution in [0.25, 0.3) is 0 Å². The second-order valence-electron chi connectivity index (χ2n) is 4.28. The maximum Gasteiger partial charge on any atom is 0.222 e. The van der Waals surface area contributed by atoms with Crippen LogP contribution in [-0.2, 0) is 4.79 Å². The lowest BCUT2D eigenvalue weighted by Crippen LogP contribution is -2.45. The summed E-state index contributed by atoms with van der Waals surface area (Å²) in [7, 11) is 0. The van der Waals surface area contributed by atoms with Crippen LogP contribution in [-0.4, -0.2) is 18.5 Å². The molecule has 0 aliphatic heterocycles. The summed E-state index contributed by atoms with van der Waals surface area (Å²) in [5, 5.41) is 3.44. The van der Waals surface area contributed by atoms with Crippen molar-refractivity contribution in [1.29, 1.82) is 0 Å². The maximum atomic E-state index is 11.2. The van der Waals surface area contributed by atoms with Crippen LogP contribution >= 0.6 is 0 Å². The minimum Gasteiger partial charge on any atom is -0.369 e. The Hall–Kier alpha value is -0.830. The number of hydrogen-bond donors (Lipinski definition) is 2. The summed E-state index contributed by atoms with van der Waals surface area (Å²) < 4.78 is 0. The van der Waals surface area contributed by atoms with E-state index in [0.29, 0.717) is 6.04 Å². The van der Waals surface area contributed by atoms with E-state index in [1.807, 2.05) is 6.08 Å². The van der Waals surface area contributed by atoms with E-state index in [4.69, 9.17) is 5.73 Å². The Morgan fingerprint density at radius 2 is 2.20 bits per heavy atom. The zero-order valence-corrected chi connectivity index (χ0v) is 9.37. The number of nitrogens with one attached hydrogen (secondary N) is 1. The maximum absolute atomic E-state index is 11.2. The molecule has 1 fully saturated rings. The van der Waals surface area contributed by atoms with Crippen LogP contribution in [0.1, 0.15) is 38.5 Å². The topological polar surface area (TPSA) is 55.1 Å². The SMILES string of the molecule is C=CCCCN[C@H]1CCCC[C@H]1C(N)=O. The molecular formula is C12H22N2O. The Morgan fingerprint density at radius 1 is 1.47 bits per heavy atom. The number of primary amides is 1. The predicted molar refractivity (Wildman–Crippen MR) is 62.4 cm³/mol. The first-order valence-corrected chi connectivity index (χ1v) is 5.89.